The SMILES string of the molecule is CC(C)CC(CN(C)C)Nc1ccc(C(F)(F)F)cn1. The second kappa shape index (κ2) is 6.92. The highest BCUT2D eigenvalue weighted by Crippen LogP contribution is 2.29. The van der Waals surface area contributed by atoms with E-state index < -0.39 is 11.7 Å². The third-order valence-corrected chi connectivity index (χ3v) is 2.78. The van der Waals surface area contributed by atoms with E-state index in [1.165, 1.54) is 6.07 Å². The van der Waals surface area contributed by atoms with Crippen molar-refractivity contribution in [3.05, 3.63) is 23.9 Å². The fourth-order valence-electron chi connectivity index (χ4n) is 2.04. The number of alkyl halides is 3. The van der Waals surface area contributed by atoms with Crippen LogP contribution in [0, 0.1) is 5.92 Å². The number of hydrogen-bond acceptors (Lipinski definition) is 3. The van der Waals surface area contributed by atoms with E-state index in [9.17, 15) is 13.2 Å². The van der Waals surface area contributed by atoms with E-state index in [-0.39, 0.29) is 6.04 Å². The molecule has 0 aromatic carbocycles. The fraction of sp³-hybridized carbons (Fsp3) is 0.643. The van der Waals surface area contributed by atoms with Gasteiger partial charge in [0, 0.05) is 18.8 Å². The molecule has 1 atom stereocenters. The maximum atomic E-state index is 12.5. The Hall–Kier alpha value is -1.30. The molecule has 0 amide bonds. The van der Waals surface area contributed by atoms with E-state index in [4.69, 9.17) is 0 Å². The second-order valence-electron chi connectivity index (χ2n) is 5.66. The van der Waals surface area contributed by atoms with Crippen LogP contribution in [0.15, 0.2) is 18.3 Å². The number of rotatable bonds is 6. The zero-order valence-electron chi connectivity index (χ0n) is 12.3. The minimum atomic E-state index is -4.34. The molecule has 0 saturated carbocycles. The molecule has 0 saturated heterocycles. The van der Waals surface area contributed by atoms with Gasteiger partial charge in [-0.1, -0.05) is 13.8 Å². The van der Waals surface area contributed by atoms with Crippen LogP contribution in [0.3, 0.4) is 0 Å². The summed E-state index contributed by atoms with van der Waals surface area (Å²) in [5, 5.41) is 3.20. The molecule has 0 radical (unpaired) electrons. The third-order valence-electron chi connectivity index (χ3n) is 2.78. The summed E-state index contributed by atoms with van der Waals surface area (Å²) in [6, 6.07) is 2.60. The number of aromatic nitrogens is 1. The molecule has 0 aliphatic heterocycles. The van der Waals surface area contributed by atoms with Crippen LogP contribution in [0.4, 0.5) is 19.0 Å². The first-order valence-corrected chi connectivity index (χ1v) is 6.63. The highest BCUT2D eigenvalue weighted by atomic mass is 19.4. The van der Waals surface area contributed by atoms with Gasteiger partial charge >= 0.3 is 6.18 Å². The summed E-state index contributed by atoms with van der Waals surface area (Å²) in [6.07, 6.45) is -2.54. The lowest BCUT2D eigenvalue weighted by molar-refractivity contribution is -0.137. The highest BCUT2D eigenvalue weighted by molar-refractivity contribution is 5.37. The molecule has 1 heterocycles. The van der Waals surface area contributed by atoms with Gasteiger partial charge in [0.05, 0.1) is 5.56 Å². The van der Waals surface area contributed by atoms with Gasteiger partial charge in [-0.05, 0) is 38.6 Å². The maximum Gasteiger partial charge on any atom is 0.417 e. The molecule has 0 aliphatic carbocycles. The van der Waals surface area contributed by atoms with Crippen LogP contribution in [-0.2, 0) is 6.18 Å². The van der Waals surface area contributed by atoms with Gasteiger partial charge in [-0.3, -0.25) is 0 Å². The predicted octanol–water partition coefficient (Wildman–Crippen LogP) is 3.49. The van der Waals surface area contributed by atoms with Crippen molar-refractivity contribution in [1.29, 1.82) is 0 Å². The molecule has 1 aromatic rings. The van der Waals surface area contributed by atoms with E-state index >= 15 is 0 Å². The lowest BCUT2D eigenvalue weighted by Gasteiger charge is -2.24. The van der Waals surface area contributed by atoms with Crippen LogP contribution in [0.5, 0.6) is 0 Å². The number of nitrogens with one attached hydrogen (secondary N) is 1. The van der Waals surface area contributed by atoms with Gasteiger partial charge < -0.3 is 10.2 Å². The molecule has 1 rings (SSSR count). The maximum absolute atomic E-state index is 12.5. The number of nitrogens with zero attached hydrogens (tertiary/aromatic N) is 2. The van der Waals surface area contributed by atoms with E-state index in [1.807, 2.05) is 19.0 Å². The topological polar surface area (TPSA) is 28.2 Å². The fourth-order valence-corrected chi connectivity index (χ4v) is 2.04. The first-order valence-electron chi connectivity index (χ1n) is 6.63. The van der Waals surface area contributed by atoms with Crippen molar-refractivity contribution in [2.24, 2.45) is 5.92 Å². The molecule has 3 nitrogen and oxygen atoms in total. The average Bonchev–Trinajstić information content (AvgIpc) is 2.26. The van der Waals surface area contributed by atoms with Gasteiger partial charge in [-0.2, -0.15) is 13.2 Å². The summed E-state index contributed by atoms with van der Waals surface area (Å²) in [5.41, 5.74) is -0.726. The molecule has 20 heavy (non-hydrogen) atoms. The van der Waals surface area contributed by atoms with E-state index in [0.717, 1.165) is 25.2 Å². The van der Waals surface area contributed by atoms with Crippen LogP contribution in [0.25, 0.3) is 0 Å². The molecule has 1 unspecified atom stereocenters. The van der Waals surface area contributed by atoms with Crippen LogP contribution >= 0.6 is 0 Å². The predicted molar refractivity (Wildman–Crippen MR) is 74.7 cm³/mol. The van der Waals surface area contributed by atoms with Gasteiger partial charge in [0.15, 0.2) is 0 Å². The Morgan fingerprint density at radius 3 is 2.30 bits per heavy atom. The standard InChI is InChI=1S/C14H22F3N3/c1-10(2)7-12(9-20(3)4)19-13-6-5-11(8-18-13)14(15,16)17/h5-6,8,10,12H,7,9H2,1-4H3,(H,18,19). The number of anilines is 1. The zero-order valence-corrected chi connectivity index (χ0v) is 12.3. The summed E-state index contributed by atoms with van der Waals surface area (Å²) in [5.74, 6) is 0.979. The van der Waals surface area contributed by atoms with Gasteiger partial charge in [-0.25, -0.2) is 4.98 Å². The van der Waals surface area contributed by atoms with Gasteiger partial charge in [0.2, 0.25) is 0 Å². The molecule has 1 aromatic heterocycles. The summed E-state index contributed by atoms with van der Waals surface area (Å²) in [7, 11) is 3.93. The summed E-state index contributed by atoms with van der Waals surface area (Å²) in [6.45, 7) is 5.04. The normalized spacial score (nSPS) is 13.8. The average molecular weight is 289 g/mol. The summed E-state index contributed by atoms with van der Waals surface area (Å²) in [4.78, 5) is 5.90. The monoisotopic (exact) mass is 289 g/mol. The number of likely N-dealkylation sites (N-methyl/N-ethyl adjacent to an activating group) is 1. The lowest BCUT2D eigenvalue weighted by Crippen LogP contribution is -2.33. The molecule has 6 heteroatoms. The smallest absolute Gasteiger partial charge is 0.366 e. The van der Waals surface area contributed by atoms with Crippen LogP contribution in [-0.4, -0.2) is 36.6 Å². The Bertz CT molecular complexity index is 389. The Kier molecular flexibility index (Phi) is 5.80. The molecule has 0 aliphatic rings. The molecular weight excluding hydrogens is 267 g/mol. The van der Waals surface area contributed by atoms with Gasteiger partial charge in [-0.15, -0.1) is 0 Å². The summed E-state index contributed by atoms with van der Waals surface area (Å²) < 4.78 is 37.4. The molecule has 0 fully saturated rings. The van der Waals surface area contributed by atoms with Gasteiger partial charge in [0.1, 0.15) is 5.82 Å². The van der Waals surface area contributed by atoms with Crippen molar-refractivity contribution in [3.8, 4) is 0 Å². The summed E-state index contributed by atoms with van der Waals surface area (Å²) >= 11 is 0. The number of hydrogen-bond donors (Lipinski definition) is 1. The lowest BCUT2D eigenvalue weighted by atomic mass is 10.0. The Labute approximate surface area is 118 Å². The molecule has 1 N–H and O–H groups in total. The van der Waals surface area contributed by atoms with Crippen molar-refractivity contribution < 1.29 is 13.2 Å². The Morgan fingerprint density at radius 1 is 1.25 bits per heavy atom. The van der Waals surface area contributed by atoms with Crippen molar-refractivity contribution >= 4 is 5.82 Å². The Morgan fingerprint density at radius 2 is 1.90 bits per heavy atom. The third kappa shape index (κ3) is 5.77. The molecular formula is C14H22F3N3. The zero-order chi connectivity index (χ0) is 15.3. The first-order chi connectivity index (χ1) is 9.18. The van der Waals surface area contributed by atoms with Crippen LogP contribution in [0.1, 0.15) is 25.8 Å². The van der Waals surface area contributed by atoms with Crippen molar-refractivity contribution in [2.75, 3.05) is 26.0 Å². The van der Waals surface area contributed by atoms with E-state index in [0.29, 0.717) is 11.7 Å². The van der Waals surface area contributed by atoms with Crippen molar-refractivity contribution in [3.63, 3.8) is 0 Å². The minimum Gasteiger partial charge on any atom is -0.366 e. The highest BCUT2D eigenvalue weighted by Gasteiger charge is 2.30. The molecule has 114 valence electrons. The number of halogens is 3. The van der Waals surface area contributed by atoms with Crippen molar-refractivity contribution in [2.45, 2.75) is 32.5 Å². The van der Waals surface area contributed by atoms with Crippen LogP contribution < -0.4 is 5.32 Å². The Balaban J connectivity index is 2.73. The molecule has 0 bridgehead atoms. The quantitative estimate of drug-likeness (QED) is 0.869. The largest absolute Gasteiger partial charge is 0.417 e. The van der Waals surface area contributed by atoms with Crippen molar-refractivity contribution in [1.82, 2.24) is 9.88 Å². The molecule has 0 spiro atoms. The van der Waals surface area contributed by atoms with Crippen LogP contribution in [0.2, 0.25) is 0 Å². The van der Waals surface area contributed by atoms with E-state index in [1.54, 1.807) is 0 Å². The first kappa shape index (κ1) is 16.8. The van der Waals surface area contributed by atoms with Gasteiger partial charge in [0.25, 0.3) is 0 Å². The van der Waals surface area contributed by atoms with E-state index in [2.05, 4.69) is 24.1 Å². The minimum absolute atomic E-state index is 0.161. The number of pyridine rings is 1. The second-order valence-corrected chi connectivity index (χ2v) is 5.66.